The predicted molar refractivity (Wildman–Crippen MR) is 298 cm³/mol. The van der Waals surface area contributed by atoms with Crippen LogP contribution in [0.3, 0.4) is 0 Å². The van der Waals surface area contributed by atoms with Crippen LogP contribution in [0.2, 0.25) is 0 Å². The zero-order valence-electron chi connectivity index (χ0n) is 50.2. The number of methoxy groups -OCH3 is 1. The van der Waals surface area contributed by atoms with Crippen LogP contribution in [0.1, 0.15) is 158 Å². The van der Waals surface area contributed by atoms with Crippen LogP contribution in [0.5, 0.6) is 5.75 Å². The van der Waals surface area contributed by atoms with Crippen LogP contribution < -0.4 is 20.7 Å². The lowest BCUT2D eigenvalue weighted by Crippen LogP contribution is -2.63. The summed E-state index contributed by atoms with van der Waals surface area (Å²) in [5.74, 6) is -5.91. The summed E-state index contributed by atoms with van der Waals surface area (Å²) in [4.78, 5) is 139. The minimum absolute atomic E-state index is 0.00403. The summed E-state index contributed by atoms with van der Waals surface area (Å²) in [5, 5.41) is 21.5. The van der Waals surface area contributed by atoms with Crippen molar-refractivity contribution in [3.63, 3.8) is 0 Å². The maximum Gasteiger partial charge on any atom is 0.329 e. The molecule has 20 heteroatoms. The fourth-order valence-corrected chi connectivity index (χ4v) is 14.1. The molecule has 20 nitrogen and oxygen atoms in total. The van der Waals surface area contributed by atoms with Gasteiger partial charge in [0.25, 0.3) is 5.91 Å². The predicted octanol–water partition coefficient (Wildman–Crippen LogP) is 4.45. The van der Waals surface area contributed by atoms with Crippen LogP contribution >= 0.6 is 0 Å². The van der Waals surface area contributed by atoms with E-state index >= 15 is 19.2 Å². The number of likely N-dealkylation sites (tertiary alicyclic amines) is 1. The molecular weight excluding hydrogens is 1040 g/mol. The quantitative estimate of drug-likeness (QED) is 0.188. The number of amides is 7. The van der Waals surface area contributed by atoms with E-state index in [1.54, 1.807) is 57.0 Å². The van der Waals surface area contributed by atoms with Gasteiger partial charge in [-0.2, -0.15) is 0 Å². The number of fused-ring (bicyclic) bond motifs is 2. The van der Waals surface area contributed by atoms with E-state index in [0.717, 1.165) is 12.8 Å². The summed E-state index contributed by atoms with van der Waals surface area (Å²) >= 11 is 0. The second-order valence-electron chi connectivity index (χ2n) is 26.6. The Hall–Kier alpha value is -5.79. The van der Waals surface area contributed by atoms with Crippen molar-refractivity contribution in [3.8, 4) is 5.75 Å². The van der Waals surface area contributed by atoms with Gasteiger partial charge in [0, 0.05) is 45.1 Å². The number of esters is 2. The fourth-order valence-electron chi connectivity index (χ4n) is 14.1. The molecule has 4 aliphatic carbocycles. The number of rotatable bonds is 14. The van der Waals surface area contributed by atoms with Gasteiger partial charge < -0.3 is 54.9 Å². The number of cyclic esters (lactones) is 1. The van der Waals surface area contributed by atoms with Gasteiger partial charge in [-0.15, -0.1) is 0 Å². The van der Waals surface area contributed by atoms with E-state index in [2.05, 4.69) is 16.0 Å². The van der Waals surface area contributed by atoms with E-state index in [0.29, 0.717) is 43.5 Å². The van der Waals surface area contributed by atoms with E-state index in [4.69, 9.17) is 14.2 Å². The standard InChI is InChI=1S/C61H91N7O13/c1-14-40-37(8)61(40)46(69)31-47(70)80-48(36(6)7)49(71)62-41(29-34(2)3)50(72)67-27-15-17-42(67)51(73)65(11)44(30-38-19-21-39(79-13)22-20-38)53(75)81-59(25-26-59)60(55(77)64-61)33-45(60)63-54(76)58(10,32-35(4)5)66(12)52(74)43-18-16-28-68(43)56(78)57(9)23-24-57/h19-22,34-37,40-46,48,69H,14-18,23-33H2,1-13H3,(H,62,71)(H,63,76)(H,64,77)/t37-,40?,41-,42-,43-,44-,45?,46-,48-,58-,60?,61?/m0/s1. The molecule has 0 aromatic heterocycles. The zero-order chi connectivity index (χ0) is 59.5. The molecule has 12 atom stereocenters. The van der Waals surface area contributed by atoms with Gasteiger partial charge in [-0.1, -0.05) is 80.9 Å². The Balaban J connectivity index is 1.19. The number of carbonyl (C=O) groups is 9. The third-order valence-electron chi connectivity index (χ3n) is 19.6. The summed E-state index contributed by atoms with van der Waals surface area (Å²) in [6.45, 7) is 19.1. The van der Waals surface area contributed by atoms with Gasteiger partial charge in [0.05, 0.1) is 25.2 Å². The molecule has 0 bridgehead atoms. The third kappa shape index (κ3) is 11.5. The highest BCUT2D eigenvalue weighted by atomic mass is 16.6. The molecule has 1 aromatic rings. The molecule has 3 spiro atoms. The SMILES string of the molecule is CCC1[C@H](C)C12NC(=O)C1(CC1NC(=O)[C@](C)(CC(C)C)N(C)C(=O)[C@@H]1CCCN1C(=O)C1(C)CC1)C1(CC1)OC(=O)[C@H](Cc1ccc(OC)cc1)N(C)C(=O)[C@@H]1CCCN1C(=O)[C@H](CC(C)C)NC(=O)[C@H](C(C)C)OC(=O)C[C@@H]2O. The van der Waals surface area contributed by atoms with Crippen molar-refractivity contribution >= 4 is 53.3 Å². The van der Waals surface area contributed by atoms with E-state index in [9.17, 15) is 29.1 Å². The number of hydrogen-bond donors (Lipinski definition) is 4. The lowest BCUT2D eigenvalue weighted by atomic mass is 9.87. The van der Waals surface area contributed by atoms with Crippen molar-refractivity contribution in [1.82, 2.24) is 35.6 Å². The average Bonchev–Trinajstić information content (AvgIpc) is 2.22. The summed E-state index contributed by atoms with van der Waals surface area (Å²) < 4.78 is 18.1. The molecule has 7 aliphatic rings. The van der Waals surface area contributed by atoms with Crippen molar-refractivity contribution < 1.29 is 62.5 Å². The van der Waals surface area contributed by atoms with E-state index < -0.39 is 124 Å². The Bertz CT molecular complexity index is 2620. The first-order valence-electron chi connectivity index (χ1n) is 29.9. The molecule has 7 amide bonds. The molecule has 448 valence electrons. The van der Waals surface area contributed by atoms with Gasteiger partial charge >= 0.3 is 11.9 Å². The minimum Gasteiger partial charge on any atom is -0.497 e. The van der Waals surface area contributed by atoms with Gasteiger partial charge in [-0.3, -0.25) is 38.4 Å². The maximum absolute atomic E-state index is 15.8. The molecule has 81 heavy (non-hydrogen) atoms. The molecule has 4 saturated carbocycles. The lowest BCUT2D eigenvalue weighted by Gasteiger charge is -2.41. The topological polar surface area (TPSA) is 251 Å². The number of nitrogens with one attached hydrogen (secondary N) is 3. The highest BCUT2D eigenvalue weighted by molar-refractivity contribution is 5.99. The fraction of sp³-hybridized carbons (Fsp3) is 0.754. The molecule has 4 unspecified atom stereocenters. The van der Waals surface area contributed by atoms with Crippen LogP contribution in [0.15, 0.2) is 24.3 Å². The highest BCUT2D eigenvalue weighted by Crippen LogP contribution is 2.68. The van der Waals surface area contributed by atoms with E-state index in [1.165, 1.54) is 28.9 Å². The van der Waals surface area contributed by atoms with Crippen molar-refractivity contribution in [2.75, 3.05) is 34.3 Å². The smallest absolute Gasteiger partial charge is 0.329 e. The van der Waals surface area contributed by atoms with Crippen LogP contribution in [0, 0.1) is 40.4 Å². The molecule has 3 saturated heterocycles. The number of hydrogen-bond acceptors (Lipinski definition) is 13. The summed E-state index contributed by atoms with van der Waals surface area (Å²) in [7, 11) is 4.62. The third-order valence-corrected chi connectivity index (χ3v) is 19.6. The maximum atomic E-state index is 15.8. The number of benzene rings is 1. The highest BCUT2D eigenvalue weighted by Gasteiger charge is 2.80. The first-order chi connectivity index (χ1) is 38.1. The van der Waals surface area contributed by atoms with Crippen molar-refractivity contribution in [1.29, 1.82) is 0 Å². The molecule has 0 radical (unpaired) electrons. The number of ether oxygens (including phenoxy) is 3. The largest absolute Gasteiger partial charge is 0.497 e. The Morgan fingerprint density at radius 1 is 0.938 bits per heavy atom. The number of likely N-dealkylation sites (N-methyl/N-ethyl adjacent to an activating group) is 2. The molecule has 3 aliphatic heterocycles. The zero-order valence-corrected chi connectivity index (χ0v) is 50.2. The van der Waals surface area contributed by atoms with Gasteiger partial charge in [-0.25, -0.2) is 4.79 Å². The van der Waals surface area contributed by atoms with Crippen LogP contribution in [0.25, 0.3) is 0 Å². The van der Waals surface area contributed by atoms with Gasteiger partial charge in [0.2, 0.25) is 35.4 Å². The van der Waals surface area contributed by atoms with Gasteiger partial charge in [0.1, 0.15) is 46.5 Å². The summed E-state index contributed by atoms with van der Waals surface area (Å²) in [6, 6.07) is 1.91. The summed E-state index contributed by atoms with van der Waals surface area (Å²) in [5.41, 5.74) is -5.89. The number of aliphatic hydroxyl groups is 1. The number of aliphatic hydroxyl groups excluding tert-OH is 1. The number of carbonyl (C=O) groups excluding carboxylic acids is 9. The molecular formula is C61H91N7O13. The van der Waals surface area contributed by atoms with Crippen LogP contribution in [0.4, 0.5) is 0 Å². The first kappa shape index (κ1) is 61.3. The molecule has 1 aromatic carbocycles. The van der Waals surface area contributed by atoms with Crippen LogP contribution in [-0.4, -0.2) is 171 Å². The second kappa shape index (κ2) is 23.1. The van der Waals surface area contributed by atoms with Crippen molar-refractivity contribution in [3.05, 3.63) is 29.8 Å². The Labute approximate surface area is 478 Å². The van der Waals surface area contributed by atoms with E-state index in [1.807, 2.05) is 48.5 Å². The number of nitrogens with zero attached hydrogens (tertiary/aromatic N) is 4. The molecule has 3 heterocycles. The summed E-state index contributed by atoms with van der Waals surface area (Å²) in [6.07, 6.45) is 1.14. The Kier molecular flexibility index (Phi) is 17.5. The normalized spacial score (nSPS) is 32.9. The van der Waals surface area contributed by atoms with Crippen molar-refractivity contribution in [2.24, 2.45) is 40.4 Å². The van der Waals surface area contributed by atoms with Gasteiger partial charge in [0.15, 0.2) is 6.10 Å². The first-order valence-corrected chi connectivity index (χ1v) is 29.9. The van der Waals surface area contributed by atoms with Crippen molar-refractivity contribution in [2.45, 2.75) is 218 Å². The lowest BCUT2D eigenvalue weighted by molar-refractivity contribution is -0.168. The molecule has 4 N–H and O–H groups in total. The molecule has 7 fully saturated rings. The Morgan fingerprint density at radius 2 is 1.59 bits per heavy atom. The monoisotopic (exact) mass is 1130 g/mol. The van der Waals surface area contributed by atoms with Gasteiger partial charge in [-0.05, 0) is 125 Å². The average molecular weight is 1130 g/mol. The second-order valence-corrected chi connectivity index (χ2v) is 26.6. The molecule has 8 rings (SSSR count). The Morgan fingerprint density at radius 3 is 2.16 bits per heavy atom. The minimum atomic E-state index is -1.64. The van der Waals surface area contributed by atoms with E-state index in [-0.39, 0.29) is 87.0 Å². The van der Waals surface area contributed by atoms with Crippen LogP contribution in [-0.2, 0) is 59.0 Å².